The Hall–Kier alpha value is -1.55. The van der Waals surface area contributed by atoms with E-state index in [1.807, 2.05) is 38.1 Å². The number of amides is 2. The molecule has 0 aliphatic heterocycles. The average molecular weight is 250 g/mol. The molecule has 100 valence electrons. The molecule has 18 heavy (non-hydrogen) atoms. The molecule has 1 rings (SSSR count). The van der Waals surface area contributed by atoms with Crippen molar-refractivity contribution in [3.05, 3.63) is 35.4 Å². The molecular weight excluding hydrogens is 228 g/mol. The number of likely N-dealkylation sites (N-methyl/N-ethyl adjacent to an activating group) is 1. The average Bonchev–Trinajstić information content (AvgIpc) is 2.37. The van der Waals surface area contributed by atoms with Gasteiger partial charge in [0, 0.05) is 7.05 Å². The predicted octanol–water partition coefficient (Wildman–Crippen LogP) is 2.08. The molecule has 0 heterocycles. The van der Waals surface area contributed by atoms with Crippen LogP contribution in [0.3, 0.4) is 0 Å². The summed E-state index contributed by atoms with van der Waals surface area (Å²) in [6.07, 6.45) is 0. The number of rotatable bonds is 4. The van der Waals surface area contributed by atoms with Gasteiger partial charge in [0.1, 0.15) is 0 Å². The lowest BCUT2D eigenvalue weighted by Gasteiger charge is -2.26. The van der Waals surface area contributed by atoms with Crippen LogP contribution in [0.1, 0.15) is 31.0 Å². The van der Waals surface area contributed by atoms with Crippen molar-refractivity contribution in [2.75, 3.05) is 13.7 Å². The van der Waals surface area contributed by atoms with E-state index in [0.29, 0.717) is 0 Å². The zero-order chi connectivity index (χ0) is 13.7. The molecule has 2 N–H and O–H groups in total. The first-order valence-corrected chi connectivity index (χ1v) is 6.17. The number of aliphatic hydroxyl groups excluding tert-OH is 1. The fourth-order valence-electron chi connectivity index (χ4n) is 1.76. The lowest BCUT2D eigenvalue weighted by Crippen LogP contribution is -2.44. The second-order valence-electron chi connectivity index (χ2n) is 4.67. The molecule has 0 aliphatic carbocycles. The number of aliphatic hydroxyl groups is 1. The van der Waals surface area contributed by atoms with Crippen molar-refractivity contribution in [3.8, 4) is 0 Å². The maximum absolute atomic E-state index is 11.9. The molecule has 1 aromatic rings. The number of urea groups is 1. The van der Waals surface area contributed by atoms with Crippen LogP contribution in [0.4, 0.5) is 4.79 Å². The van der Waals surface area contributed by atoms with Gasteiger partial charge in [-0.2, -0.15) is 0 Å². The summed E-state index contributed by atoms with van der Waals surface area (Å²) in [5.41, 5.74) is 2.26. The molecule has 4 nitrogen and oxygen atoms in total. The molecule has 0 saturated carbocycles. The van der Waals surface area contributed by atoms with Crippen molar-refractivity contribution in [1.29, 1.82) is 0 Å². The molecule has 2 unspecified atom stereocenters. The van der Waals surface area contributed by atoms with Crippen LogP contribution in [0.25, 0.3) is 0 Å². The van der Waals surface area contributed by atoms with Crippen molar-refractivity contribution < 1.29 is 9.90 Å². The molecule has 0 saturated heterocycles. The van der Waals surface area contributed by atoms with E-state index in [2.05, 4.69) is 5.32 Å². The van der Waals surface area contributed by atoms with Crippen LogP contribution in [-0.2, 0) is 0 Å². The van der Waals surface area contributed by atoms with E-state index in [9.17, 15) is 4.79 Å². The first-order valence-electron chi connectivity index (χ1n) is 6.17. The molecule has 1 aromatic carbocycles. The molecule has 0 aromatic heterocycles. The highest BCUT2D eigenvalue weighted by Gasteiger charge is 2.17. The third kappa shape index (κ3) is 3.47. The Bertz CT molecular complexity index is 407. The largest absolute Gasteiger partial charge is 0.394 e. The zero-order valence-corrected chi connectivity index (χ0v) is 11.5. The third-order valence-electron chi connectivity index (χ3n) is 3.24. The number of carbonyl (C=O) groups excluding carboxylic acids is 1. The molecule has 2 amide bonds. The Morgan fingerprint density at radius 2 is 2.00 bits per heavy atom. The second kappa shape index (κ2) is 6.40. The van der Waals surface area contributed by atoms with Gasteiger partial charge in [-0.1, -0.05) is 24.3 Å². The third-order valence-corrected chi connectivity index (χ3v) is 3.24. The van der Waals surface area contributed by atoms with Crippen LogP contribution in [0.15, 0.2) is 24.3 Å². The van der Waals surface area contributed by atoms with E-state index in [0.717, 1.165) is 11.1 Å². The Kier molecular flexibility index (Phi) is 5.16. The van der Waals surface area contributed by atoms with E-state index in [4.69, 9.17) is 5.11 Å². The number of nitrogens with zero attached hydrogens (tertiary/aromatic N) is 1. The smallest absolute Gasteiger partial charge is 0.317 e. The van der Waals surface area contributed by atoms with Gasteiger partial charge < -0.3 is 15.3 Å². The molecule has 2 atom stereocenters. The number of carbonyl (C=O) groups is 1. The maximum atomic E-state index is 11.9. The van der Waals surface area contributed by atoms with E-state index >= 15 is 0 Å². The molecule has 0 aliphatic rings. The lowest BCUT2D eigenvalue weighted by molar-refractivity contribution is 0.155. The minimum atomic E-state index is -0.186. The van der Waals surface area contributed by atoms with Gasteiger partial charge >= 0.3 is 6.03 Å². The van der Waals surface area contributed by atoms with Crippen molar-refractivity contribution in [3.63, 3.8) is 0 Å². The van der Waals surface area contributed by atoms with Gasteiger partial charge in [-0.15, -0.1) is 0 Å². The molecule has 0 bridgehead atoms. The summed E-state index contributed by atoms with van der Waals surface area (Å²) in [4.78, 5) is 13.5. The fraction of sp³-hybridized carbons (Fsp3) is 0.500. The lowest BCUT2D eigenvalue weighted by atomic mass is 10.0. The Balaban J connectivity index is 2.68. The highest BCUT2D eigenvalue weighted by molar-refractivity contribution is 5.74. The van der Waals surface area contributed by atoms with E-state index < -0.39 is 0 Å². The topological polar surface area (TPSA) is 52.6 Å². The first-order chi connectivity index (χ1) is 8.47. The van der Waals surface area contributed by atoms with Crippen molar-refractivity contribution >= 4 is 6.03 Å². The van der Waals surface area contributed by atoms with Crippen LogP contribution < -0.4 is 5.32 Å². The highest BCUT2D eigenvalue weighted by Crippen LogP contribution is 2.16. The van der Waals surface area contributed by atoms with Crippen LogP contribution in [0, 0.1) is 6.92 Å². The molecule has 0 radical (unpaired) electrons. The van der Waals surface area contributed by atoms with E-state index in [-0.39, 0.29) is 24.7 Å². The Morgan fingerprint density at radius 3 is 2.56 bits per heavy atom. The second-order valence-corrected chi connectivity index (χ2v) is 4.67. The van der Waals surface area contributed by atoms with Crippen LogP contribution in [0.5, 0.6) is 0 Å². The minimum Gasteiger partial charge on any atom is -0.394 e. The maximum Gasteiger partial charge on any atom is 0.317 e. The van der Waals surface area contributed by atoms with Gasteiger partial charge in [0.25, 0.3) is 0 Å². The summed E-state index contributed by atoms with van der Waals surface area (Å²) >= 11 is 0. The SMILES string of the molecule is Cc1ccccc1C(C)NC(=O)N(C)C(C)CO. The van der Waals surface area contributed by atoms with Gasteiger partial charge in [0.2, 0.25) is 0 Å². The quantitative estimate of drug-likeness (QED) is 0.859. The Labute approximate surface area is 109 Å². The van der Waals surface area contributed by atoms with Gasteiger partial charge in [-0.3, -0.25) is 0 Å². The summed E-state index contributed by atoms with van der Waals surface area (Å²) in [5.74, 6) is 0. The van der Waals surface area contributed by atoms with Crippen molar-refractivity contribution in [1.82, 2.24) is 10.2 Å². The van der Waals surface area contributed by atoms with Gasteiger partial charge in [0.15, 0.2) is 0 Å². The van der Waals surface area contributed by atoms with Gasteiger partial charge in [-0.05, 0) is 31.9 Å². The molecule has 4 heteroatoms. The van der Waals surface area contributed by atoms with E-state index in [1.165, 1.54) is 4.90 Å². The monoisotopic (exact) mass is 250 g/mol. The normalized spacial score (nSPS) is 13.8. The molecule has 0 fully saturated rings. The Morgan fingerprint density at radius 1 is 1.39 bits per heavy atom. The number of hydrogen-bond acceptors (Lipinski definition) is 2. The van der Waals surface area contributed by atoms with Crippen molar-refractivity contribution in [2.45, 2.75) is 32.9 Å². The van der Waals surface area contributed by atoms with Crippen LogP contribution >= 0.6 is 0 Å². The van der Waals surface area contributed by atoms with Crippen LogP contribution in [-0.4, -0.2) is 35.7 Å². The predicted molar refractivity (Wildman–Crippen MR) is 72.4 cm³/mol. The standard InChI is InChI=1S/C14H22N2O2/c1-10-7-5-6-8-13(10)12(3)15-14(18)16(4)11(2)9-17/h5-8,11-12,17H,9H2,1-4H3,(H,15,18). The van der Waals surface area contributed by atoms with Crippen molar-refractivity contribution in [2.24, 2.45) is 0 Å². The first kappa shape index (κ1) is 14.5. The summed E-state index contributed by atoms with van der Waals surface area (Å²) < 4.78 is 0. The van der Waals surface area contributed by atoms with E-state index in [1.54, 1.807) is 14.0 Å². The highest BCUT2D eigenvalue weighted by atomic mass is 16.3. The number of hydrogen-bond donors (Lipinski definition) is 2. The van der Waals surface area contributed by atoms with Gasteiger partial charge in [0.05, 0.1) is 18.7 Å². The number of aryl methyl sites for hydroxylation is 1. The van der Waals surface area contributed by atoms with Gasteiger partial charge in [-0.25, -0.2) is 4.79 Å². The summed E-state index contributed by atoms with van der Waals surface area (Å²) in [6, 6.07) is 7.57. The summed E-state index contributed by atoms with van der Waals surface area (Å²) in [6.45, 7) is 5.75. The minimum absolute atomic E-state index is 0.0390. The zero-order valence-electron chi connectivity index (χ0n) is 11.5. The molecular formula is C14H22N2O2. The summed E-state index contributed by atoms with van der Waals surface area (Å²) in [7, 11) is 1.68. The summed E-state index contributed by atoms with van der Waals surface area (Å²) in [5, 5.41) is 12.0. The number of nitrogens with one attached hydrogen (secondary N) is 1. The van der Waals surface area contributed by atoms with Crippen LogP contribution in [0.2, 0.25) is 0 Å². The molecule has 0 spiro atoms. The number of benzene rings is 1. The fourth-order valence-corrected chi connectivity index (χ4v) is 1.76.